The van der Waals surface area contributed by atoms with Crippen molar-refractivity contribution in [1.29, 1.82) is 0 Å². The van der Waals surface area contributed by atoms with Crippen molar-refractivity contribution in [2.75, 3.05) is 26.5 Å². The van der Waals surface area contributed by atoms with Crippen LogP contribution in [0.15, 0.2) is 52.1 Å². The van der Waals surface area contributed by atoms with Crippen molar-refractivity contribution in [3.8, 4) is 5.75 Å². The van der Waals surface area contributed by atoms with E-state index < -0.39 is 0 Å². The third-order valence-electron chi connectivity index (χ3n) is 4.06. The second kappa shape index (κ2) is 12.2. The lowest BCUT2D eigenvalue weighted by Gasteiger charge is -2.24. The molecule has 1 aromatic carbocycles. The van der Waals surface area contributed by atoms with Crippen molar-refractivity contribution in [3.05, 3.63) is 54.0 Å². The van der Waals surface area contributed by atoms with E-state index in [1.807, 2.05) is 48.2 Å². The van der Waals surface area contributed by atoms with Gasteiger partial charge in [-0.3, -0.25) is 0 Å². The van der Waals surface area contributed by atoms with Gasteiger partial charge in [0.05, 0.1) is 19.9 Å². The molecule has 0 radical (unpaired) electrons. The van der Waals surface area contributed by atoms with E-state index in [9.17, 15) is 0 Å². The predicted molar refractivity (Wildman–Crippen MR) is 126 cm³/mol. The molecule has 0 saturated carbocycles. The van der Waals surface area contributed by atoms with Crippen LogP contribution >= 0.6 is 35.7 Å². The molecule has 2 rings (SSSR count). The lowest BCUT2D eigenvalue weighted by molar-refractivity contribution is 0.414. The van der Waals surface area contributed by atoms with Crippen LogP contribution in [0.25, 0.3) is 0 Å². The third kappa shape index (κ3) is 8.92. The van der Waals surface area contributed by atoms with Gasteiger partial charge in [0.15, 0.2) is 5.96 Å². The predicted octanol–water partition coefficient (Wildman–Crippen LogP) is 4.33. The van der Waals surface area contributed by atoms with Crippen molar-refractivity contribution < 1.29 is 9.15 Å². The number of hydrogen-bond acceptors (Lipinski definition) is 4. The molecule has 0 bridgehead atoms. The Bertz CT molecular complexity index is 673. The molecule has 0 saturated heterocycles. The average molecular weight is 503 g/mol. The molecule has 150 valence electrons. The summed E-state index contributed by atoms with van der Waals surface area (Å²) < 4.78 is 10.7. The third-order valence-corrected chi connectivity index (χ3v) is 5.31. The molecular formula is C20H30IN3O2S. The quantitative estimate of drug-likeness (QED) is 0.303. The van der Waals surface area contributed by atoms with Crippen molar-refractivity contribution in [2.24, 2.45) is 4.99 Å². The Hall–Kier alpha value is -1.35. The smallest absolute Gasteiger partial charge is 0.191 e. The van der Waals surface area contributed by atoms with Gasteiger partial charge in [-0.1, -0.05) is 12.1 Å². The molecule has 2 N–H and O–H groups in total. The monoisotopic (exact) mass is 503 g/mol. The number of thioether (sulfide) groups is 1. The minimum absolute atomic E-state index is 0. The molecule has 0 atom stereocenters. The van der Waals surface area contributed by atoms with Gasteiger partial charge in [-0.2, -0.15) is 11.8 Å². The maximum Gasteiger partial charge on any atom is 0.191 e. The zero-order valence-corrected chi connectivity index (χ0v) is 19.6. The van der Waals surface area contributed by atoms with Gasteiger partial charge in [0.25, 0.3) is 0 Å². The van der Waals surface area contributed by atoms with E-state index >= 15 is 0 Å². The fourth-order valence-electron chi connectivity index (χ4n) is 2.20. The van der Waals surface area contributed by atoms with Crippen LogP contribution in [0.3, 0.4) is 0 Å². The highest BCUT2D eigenvalue weighted by Gasteiger charge is 2.16. The van der Waals surface area contributed by atoms with Gasteiger partial charge < -0.3 is 19.8 Å². The van der Waals surface area contributed by atoms with Gasteiger partial charge in [0.2, 0.25) is 0 Å². The van der Waals surface area contributed by atoms with E-state index in [1.54, 1.807) is 13.4 Å². The Labute approximate surface area is 183 Å². The molecule has 1 aromatic heterocycles. The van der Waals surface area contributed by atoms with Gasteiger partial charge in [-0.15, -0.1) is 24.0 Å². The number of nitrogens with zero attached hydrogens (tertiary/aromatic N) is 1. The number of benzene rings is 1. The van der Waals surface area contributed by atoms with Gasteiger partial charge in [0.1, 0.15) is 11.5 Å². The van der Waals surface area contributed by atoms with Crippen LogP contribution in [0, 0.1) is 0 Å². The zero-order valence-electron chi connectivity index (χ0n) is 16.5. The van der Waals surface area contributed by atoms with Gasteiger partial charge in [-0.25, -0.2) is 4.99 Å². The summed E-state index contributed by atoms with van der Waals surface area (Å²) in [7, 11) is 1.67. The van der Waals surface area contributed by atoms with E-state index in [4.69, 9.17) is 14.1 Å². The Balaban J connectivity index is 0.00000364. The molecule has 0 aliphatic carbocycles. The summed E-state index contributed by atoms with van der Waals surface area (Å²) in [5.74, 6) is 2.64. The lowest BCUT2D eigenvalue weighted by Crippen LogP contribution is -2.44. The summed E-state index contributed by atoms with van der Waals surface area (Å²) in [6.07, 6.45) is 4.65. The number of aliphatic imine (C=N–C) groups is 1. The van der Waals surface area contributed by atoms with Crippen LogP contribution in [0.2, 0.25) is 0 Å². The van der Waals surface area contributed by atoms with Gasteiger partial charge in [0, 0.05) is 24.3 Å². The number of guanidine groups is 1. The Morgan fingerprint density at radius 3 is 2.52 bits per heavy atom. The zero-order chi connectivity index (χ0) is 18.8. The topological polar surface area (TPSA) is 58.8 Å². The van der Waals surface area contributed by atoms with Crippen LogP contribution in [0.1, 0.15) is 25.2 Å². The minimum Gasteiger partial charge on any atom is -0.497 e. The molecule has 0 unspecified atom stereocenters. The summed E-state index contributed by atoms with van der Waals surface area (Å²) in [5.41, 5.74) is 1.14. The number of ether oxygens (including phenoxy) is 1. The van der Waals surface area contributed by atoms with Crippen LogP contribution in [-0.4, -0.2) is 37.2 Å². The molecular weight excluding hydrogens is 473 g/mol. The molecule has 0 fully saturated rings. The van der Waals surface area contributed by atoms with E-state index in [0.717, 1.165) is 42.5 Å². The summed E-state index contributed by atoms with van der Waals surface area (Å²) in [6.45, 7) is 6.65. The number of methoxy groups -OCH3 is 1. The van der Waals surface area contributed by atoms with E-state index in [-0.39, 0.29) is 28.7 Å². The largest absolute Gasteiger partial charge is 0.497 e. The van der Waals surface area contributed by atoms with Crippen LogP contribution < -0.4 is 15.4 Å². The number of rotatable bonds is 9. The highest BCUT2D eigenvalue weighted by atomic mass is 127. The minimum atomic E-state index is 0. The molecule has 0 amide bonds. The highest BCUT2D eigenvalue weighted by molar-refractivity contribution is 14.0. The lowest BCUT2D eigenvalue weighted by atomic mass is 10.2. The maximum atomic E-state index is 5.38. The molecule has 0 spiro atoms. The first kappa shape index (κ1) is 23.7. The second-order valence-electron chi connectivity index (χ2n) is 6.59. The van der Waals surface area contributed by atoms with E-state index in [0.29, 0.717) is 6.54 Å². The SMILES string of the molecule is COc1ccc(CN=C(NCCc2ccco2)NCC(C)(C)SC)cc1.I. The van der Waals surface area contributed by atoms with Crippen LogP contribution in [0.4, 0.5) is 0 Å². The van der Waals surface area contributed by atoms with Gasteiger partial charge >= 0.3 is 0 Å². The first-order chi connectivity index (χ1) is 12.5. The molecule has 0 aliphatic heterocycles. The van der Waals surface area contributed by atoms with E-state index in [1.165, 1.54) is 0 Å². The standard InChI is InChI=1S/C20H29N3O2S.HI/c1-20(2,26-4)15-23-19(21-12-11-18-6-5-13-25-18)22-14-16-7-9-17(24-3)10-8-16;/h5-10,13H,11-12,14-15H2,1-4H3,(H2,21,22,23);1H. The van der Waals surface area contributed by atoms with Crippen molar-refractivity contribution in [2.45, 2.75) is 31.6 Å². The summed E-state index contributed by atoms with van der Waals surface area (Å²) in [5, 5.41) is 6.84. The number of halogens is 1. The van der Waals surface area contributed by atoms with Crippen LogP contribution in [0.5, 0.6) is 5.75 Å². The number of hydrogen-bond donors (Lipinski definition) is 2. The molecule has 27 heavy (non-hydrogen) atoms. The maximum absolute atomic E-state index is 5.38. The van der Waals surface area contributed by atoms with Gasteiger partial charge in [-0.05, 0) is 49.9 Å². The Morgan fingerprint density at radius 1 is 1.19 bits per heavy atom. The Morgan fingerprint density at radius 2 is 1.93 bits per heavy atom. The van der Waals surface area contributed by atoms with E-state index in [2.05, 4.69) is 30.7 Å². The summed E-state index contributed by atoms with van der Waals surface area (Å²) in [6, 6.07) is 11.9. The molecule has 2 aromatic rings. The highest BCUT2D eigenvalue weighted by Crippen LogP contribution is 2.19. The van der Waals surface area contributed by atoms with Crippen molar-refractivity contribution >= 4 is 41.7 Å². The molecule has 0 aliphatic rings. The number of furan rings is 1. The second-order valence-corrected chi connectivity index (χ2v) is 8.10. The molecule has 7 heteroatoms. The fourth-order valence-corrected chi connectivity index (χ4v) is 2.42. The van der Waals surface area contributed by atoms with Crippen molar-refractivity contribution in [1.82, 2.24) is 10.6 Å². The first-order valence-corrected chi connectivity index (χ1v) is 9.97. The number of nitrogens with one attached hydrogen (secondary N) is 2. The molecule has 5 nitrogen and oxygen atoms in total. The summed E-state index contributed by atoms with van der Waals surface area (Å²) in [4.78, 5) is 4.72. The summed E-state index contributed by atoms with van der Waals surface area (Å²) >= 11 is 1.84. The molecule has 1 heterocycles. The fraction of sp³-hybridized carbons (Fsp3) is 0.450. The Kier molecular flexibility index (Phi) is 10.7. The van der Waals surface area contributed by atoms with Crippen LogP contribution in [-0.2, 0) is 13.0 Å². The average Bonchev–Trinajstić information content (AvgIpc) is 3.17. The van der Waals surface area contributed by atoms with Crippen molar-refractivity contribution in [3.63, 3.8) is 0 Å². The normalized spacial score (nSPS) is 11.6. The first-order valence-electron chi connectivity index (χ1n) is 8.75.